The van der Waals surface area contributed by atoms with Gasteiger partial charge in [0, 0.05) is 19.6 Å². The Balaban J connectivity index is 0.00000200. The lowest BCUT2D eigenvalue weighted by molar-refractivity contribution is -0.138. The summed E-state index contributed by atoms with van der Waals surface area (Å²) < 4.78 is 5.73. The van der Waals surface area contributed by atoms with E-state index in [1.54, 1.807) is 4.90 Å². The zero-order chi connectivity index (χ0) is 13.8. The second-order valence-corrected chi connectivity index (χ2v) is 5.17. The molecule has 0 saturated carbocycles. The van der Waals surface area contributed by atoms with E-state index in [0.29, 0.717) is 0 Å². The highest BCUT2D eigenvalue weighted by Crippen LogP contribution is 2.16. The number of nitrogens with one attached hydrogen (secondary N) is 1. The Labute approximate surface area is 126 Å². The molecule has 2 atom stereocenters. The number of aryl methyl sites for hydroxylation is 1. The van der Waals surface area contributed by atoms with Gasteiger partial charge in [0.25, 0.3) is 5.91 Å². The summed E-state index contributed by atoms with van der Waals surface area (Å²) in [5.41, 5.74) is 1.13. The number of halogens is 1. The van der Waals surface area contributed by atoms with Gasteiger partial charge in [0.15, 0.2) is 6.10 Å². The molecule has 0 radical (unpaired) electrons. The standard InChI is InChI=1S/C15H22N2O2.ClH/c1-11-5-4-6-14(9-11)19-12(2)15(18)17(3)13-7-8-16-10-13;/h4-6,9,12-13,16H,7-8,10H2,1-3H3;1H. The van der Waals surface area contributed by atoms with Crippen LogP contribution in [0.2, 0.25) is 0 Å². The number of nitrogens with zero attached hydrogens (tertiary/aromatic N) is 1. The molecule has 1 aliphatic rings. The second-order valence-electron chi connectivity index (χ2n) is 5.17. The van der Waals surface area contributed by atoms with E-state index in [2.05, 4.69) is 5.32 Å². The number of amides is 1. The van der Waals surface area contributed by atoms with Crippen LogP contribution < -0.4 is 10.1 Å². The van der Waals surface area contributed by atoms with Crippen molar-refractivity contribution in [2.24, 2.45) is 0 Å². The van der Waals surface area contributed by atoms with Gasteiger partial charge in [0.05, 0.1) is 0 Å². The molecule has 5 heteroatoms. The SMILES string of the molecule is Cc1cccc(OC(C)C(=O)N(C)C2CCNC2)c1.Cl. The maximum atomic E-state index is 12.3. The molecule has 0 aliphatic carbocycles. The topological polar surface area (TPSA) is 41.6 Å². The van der Waals surface area contributed by atoms with Crippen molar-refractivity contribution in [2.75, 3.05) is 20.1 Å². The molecule has 1 aromatic rings. The number of benzene rings is 1. The van der Waals surface area contributed by atoms with Crippen LogP contribution in [0.1, 0.15) is 18.9 Å². The fourth-order valence-electron chi connectivity index (χ4n) is 2.38. The van der Waals surface area contributed by atoms with Gasteiger partial charge in [-0.2, -0.15) is 0 Å². The first-order valence-corrected chi connectivity index (χ1v) is 6.78. The van der Waals surface area contributed by atoms with E-state index in [1.165, 1.54) is 0 Å². The van der Waals surface area contributed by atoms with Crippen molar-refractivity contribution >= 4 is 18.3 Å². The molecule has 1 amide bonds. The Morgan fingerprint density at radius 2 is 2.25 bits per heavy atom. The number of hydrogen-bond acceptors (Lipinski definition) is 3. The van der Waals surface area contributed by atoms with Gasteiger partial charge in [-0.15, -0.1) is 12.4 Å². The average Bonchev–Trinajstić information content (AvgIpc) is 2.90. The van der Waals surface area contributed by atoms with E-state index < -0.39 is 6.10 Å². The van der Waals surface area contributed by atoms with Crippen LogP contribution in [-0.2, 0) is 4.79 Å². The summed E-state index contributed by atoms with van der Waals surface area (Å²) in [5.74, 6) is 0.786. The molecule has 2 rings (SSSR count). The molecule has 2 unspecified atom stereocenters. The van der Waals surface area contributed by atoms with Crippen LogP contribution in [-0.4, -0.2) is 43.1 Å². The summed E-state index contributed by atoms with van der Waals surface area (Å²) in [7, 11) is 1.86. The van der Waals surface area contributed by atoms with Crippen LogP contribution >= 0.6 is 12.4 Å². The first-order chi connectivity index (χ1) is 9.08. The molecule has 20 heavy (non-hydrogen) atoms. The van der Waals surface area contributed by atoms with Crippen molar-refractivity contribution in [1.29, 1.82) is 0 Å². The van der Waals surface area contributed by atoms with E-state index in [1.807, 2.05) is 45.2 Å². The molecule has 1 heterocycles. The highest BCUT2D eigenvalue weighted by molar-refractivity contribution is 5.85. The highest BCUT2D eigenvalue weighted by Gasteiger charge is 2.27. The summed E-state index contributed by atoms with van der Waals surface area (Å²) in [6.45, 7) is 5.67. The van der Waals surface area contributed by atoms with Crippen molar-refractivity contribution in [1.82, 2.24) is 10.2 Å². The van der Waals surface area contributed by atoms with Gasteiger partial charge in [-0.3, -0.25) is 4.79 Å². The molecule has 112 valence electrons. The maximum Gasteiger partial charge on any atom is 0.263 e. The van der Waals surface area contributed by atoms with Crippen LogP contribution in [0.15, 0.2) is 24.3 Å². The largest absolute Gasteiger partial charge is 0.481 e. The number of rotatable bonds is 4. The highest BCUT2D eigenvalue weighted by atomic mass is 35.5. The zero-order valence-electron chi connectivity index (χ0n) is 12.3. The van der Waals surface area contributed by atoms with Gasteiger partial charge in [-0.25, -0.2) is 0 Å². The fourth-order valence-corrected chi connectivity index (χ4v) is 2.38. The number of carbonyl (C=O) groups is 1. The first-order valence-electron chi connectivity index (χ1n) is 6.78. The smallest absolute Gasteiger partial charge is 0.263 e. The van der Waals surface area contributed by atoms with Crippen molar-refractivity contribution in [3.63, 3.8) is 0 Å². The molecule has 1 aromatic carbocycles. The predicted molar refractivity (Wildman–Crippen MR) is 82.6 cm³/mol. The average molecular weight is 299 g/mol. The van der Waals surface area contributed by atoms with Crippen LogP contribution in [0, 0.1) is 6.92 Å². The monoisotopic (exact) mass is 298 g/mol. The quantitative estimate of drug-likeness (QED) is 0.924. The first kappa shape index (κ1) is 16.8. The Bertz CT molecular complexity index is 447. The van der Waals surface area contributed by atoms with Crippen LogP contribution in [0.4, 0.5) is 0 Å². The summed E-state index contributed by atoms with van der Waals surface area (Å²) in [5, 5.41) is 3.27. The van der Waals surface area contributed by atoms with Crippen molar-refractivity contribution in [2.45, 2.75) is 32.4 Å². The summed E-state index contributed by atoms with van der Waals surface area (Å²) in [4.78, 5) is 14.1. The van der Waals surface area contributed by atoms with Crippen LogP contribution in [0.3, 0.4) is 0 Å². The van der Waals surface area contributed by atoms with E-state index >= 15 is 0 Å². The van der Waals surface area contributed by atoms with E-state index in [4.69, 9.17) is 4.74 Å². The molecule has 1 aliphatic heterocycles. The molecule has 1 N–H and O–H groups in total. The molecule has 4 nitrogen and oxygen atoms in total. The molecule has 0 spiro atoms. The molecular weight excluding hydrogens is 276 g/mol. The summed E-state index contributed by atoms with van der Waals surface area (Å²) in [6.07, 6.45) is 0.562. The Hall–Kier alpha value is -1.26. The van der Waals surface area contributed by atoms with Gasteiger partial charge in [-0.05, 0) is 44.5 Å². The number of likely N-dealkylation sites (N-methyl/N-ethyl adjacent to an activating group) is 1. The minimum Gasteiger partial charge on any atom is -0.481 e. The van der Waals surface area contributed by atoms with E-state index in [-0.39, 0.29) is 24.4 Å². The molecule has 1 fully saturated rings. The molecule has 1 saturated heterocycles. The van der Waals surface area contributed by atoms with Gasteiger partial charge >= 0.3 is 0 Å². The summed E-state index contributed by atoms with van der Waals surface area (Å²) in [6, 6.07) is 8.06. The number of ether oxygens (including phenoxy) is 1. The molecular formula is C15H23ClN2O2. The number of hydrogen-bond donors (Lipinski definition) is 1. The summed E-state index contributed by atoms with van der Waals surface area (Å²) >= 11 is 0. The van der Waals surface area contributed by atoms with E-state index in [9.17, 15) is 4.79 Å². The zero-order valence-corrected chi connectivity index (χ0v) is 13.1. The predicted octanol–water partition coefficient (Wildman–Crippen LogP) is 2.00. The van der Waals surface area contributed by atoms with E-state index in [0.717, 1.165) is 30.8 Å². The Kier molecular flexibility index (Phi) is 6.30. The van der Waals surface area contributed by atoms with Gasteiger partial charge in [0.1, 0.15) is 5.75 Å². The second kappa shape index (κ2) is 7.50. The third-order valence-electron chi connectivity index (χ3n) is 3.58. The number of carbonyl (C=O) groups excluding carboxylic acids is 1. The van der Waals surface area contributed by atoms with Gasteiger partial charge < -0.3 is 15.0 Å². The maximum absolute atomic E-state index is 12.3. The molecule has 0 bridgehead atoms. The normalized spacial score (nSPS) is 19.1. The Morgan fingerprint density at radius 1 is 1.50 bits per heavy atom. The fraction of sp³-hybridized carbons (Fsp3) is 0.533. The lowest BCUT2D eigenvalue weighted by Gasteiger charge is -2.27. The minimum absolute atomic E-state index is 0. The lowest BCUT2D eigenvalue weighted by atomic mass is 10.2. The van der Waals surface area contributed by atoms with Crippen LogP contribution in [0.5, 0.6) is 5.75 Å². The van der Waals surface area contributed by atoms with Crippen molar-refractivity contribution < 1.29 is 9.53 Å². The third-order valence-corrected chi connectivity index (χ3v) is 3.58. The molecule has 0 aromatic heterocycles. The third kappa shape index (κ3) is 4.12. The van der Waals surface area contributed by atoms with Crippen molar-refractivity contribution in [3.05, 3.63) is 29.8 Å². The lowest BCUT2D eigenvalue weighted by Crippen LogP contribution is -2.44. The van der Waals surface area contributed by atoms with Crippen LogP contribution in [0.25, 0.3) is 0 Å². The van der Waals surface area contributed by atoms with Crippen molar-refractivity contribution in [3.8, 4) is 5.75 Å². The Morgan fingerprint density at radius 3 is 2.85 bits per heavy atom. The minimum atomic E-state index is -0.451. The van der Waals surface area contributed by atoms with Gasteiger partial charge in [0.2, 0.25) is 0 Å². The van der Waals surface area contributed by atoms with Gasteiger partial charge in [-0.1, -0.05) is 12.1 Å².